The normalized spacial score (nSPS) is 28.5. The first kappa shape index (κ1) is 16.3. The third-order valence-corrected chi connectivity index (χ3v) is 6.19. The largest absolute Gasteiger partial charge is 0.342 e. The molecule has 2 aliphatic heterocycles. The Kier molecular flexibility index (Phi) is 4.52. The van der Waals surface area contributed by atoms with Gasteiger partial charge in [-0.3, -0.25) is 14.7 Å². The fourth-order valence-electron chi connectivity index (χ4n) is 4.35. The molecular formula is C19H26ClN3O. The number of carbonyl (C=O) groups excluding carboxylic acids is 1. The van der Waals surface area contributed by atoms with Crippen molar-refractivity contribution in [1.82, 2.24) is 14.8 Å². The predicted octanol–water partition coefficient (Wildman–Crippen LogP) is 3.35. The highest BCUT2D eigenvalue weighted by Gasteiger charge is 2.47. The zero-order valence-electron chi connectivity index (χ0n) is 14.2. The van der Waals surface area contributed by atoms with Gasteiger partial charge in [-0.2, -0.15) is 0 Å². The summed E-state index contributed by atoms with van der Waals surface area (Å²) in [5.74, 6) is 1.24. The highest BCUT2D eigenvalue weighted by Crippen LogP contribution is 2.43. The second-order valence-corrected chi connectivity index (χ2v) is 8.30. The lowest BCUT2D eigenvalue weighted by molar-refractivity contribution is -0.136. The summed E-state index contributed by atoms with van der Waals surface area (Å²) in [5, 5.41) is 0.695. The number of hydrogen-bond donors (Lipinski definition) is 0. The van der Waals surface area contributed by atoms with E-state index < -0.39 is 0 Å². The molecule has 1 unspecified atom stereocenters. The molecule has 2 saturated heterocycles. The Labute approximate surface area is 149 Å². The van der Waals surface area contributed by atoms with Crippen LogP contribution in [-0.4, -0.2) is 46.9 Å². The smallest absolute Gasteiger partial charge is 0.228 e. The fourth-order valence-corrected chi connectivity index (χ4v) is 4.55. The third kappa shape index (κ3) is 3.45. The minimum atomic E-state index is -0.0732. The molecule has 0 aromatic carbocycles. The van der Waals surface area contributed by atoms with E-state index in [9.17, 15) is 4.79 Å². The molecule has 1 aromatic rings. The average Bonchev–Trinajstić information content (AvgIpc) is 3.35. The molecule has 0 bridgehead atoms. The highest BCUT2D eigenvalue weighted by molar-refractivity contribution is 6.30. The van der Waals surface area contributed by atoms with E-state index in [1.807, 2.05) is 12.3 Å². The number of nitrogens with zero attached hydrogens (tertiary/aromatic N) is 3. The van der Waals surface area contributed by atoms with Crippen LogP contribution >= 0.6 is 11.6 Å². The van der Waals surface area contributed by atoms with Crippen LogP contribution in [0.2, 0.25) is 5.02 Å². The number of halogens is 1. The number of likely N-dealkylation sites (tertiary alicyclic amines) is 2. The van der Waals surface area contributed by atoms with Gasteiger partial charge in [0.2, 0.25) is 5.91 Å². The van der Waals surface area contributed by atoms with E-state index in [0.29, 0.717) is 10.9 Å². The van der Waals surface area contributed by atoms with E-state index in [1.165, 1.54) is 12.8 Å². The van der Waals surface area contributed by atoms with Gasteiger partial charge in [0.05, 0.1) is 10.4 Å². The van der Waals surface area contributed by atoms with Gasteiger partial charge in [0.15, 0.2) is 0 Å². The van der Waals surface area contributed by atoms with Crippen molar-refractivity contribution in [3.05, 3.63) is 29.0 Å². The van der Waals surface area contributed by atoms with Crippen LogP contribution in [0.15, 0.2) is 18.5 Å². The van der Waals surface area contributed by atoms with Gasteiger partial charge in [-0.1, -0.05) is 11.6 Å². The monoisotopic (exact) mass is 347 g/mol. The summed E-state index contributed by atoms with van der Waals surface area (Å²) in [5.41, 5.74) is 1.09. The van der Waals surface area contributed by atoms with Crippen molar-refractivity contribution in [2.24, 2.45) is 11.3 Å². The first-order chi connectivity index (χ1) is 11.6. The van der Waals surface area contributed by atoms with Gasteiger partial charge in [-0.25, -0.2) is 0 Å². The minimum absolute atomic E-state index is 0.0732. The minimum Gasteiger partial charge on any atom is -0.342 e. The molecule has 3 fully saturated rings. The molecule has 4 rings (SSSR count). The Morgan fingerprint density at radius 2 is 2.00 bits per heavy atom. The summed E-state index contributed by atoms with van der Waals surface area (Å²) in [6.45, 7) is 4.93. The second-order valence-electron chi connectivity index (χ2n) is 7.87. The summed E-state index contributed by atoms with van der Waals surface area (Å²) in [6, 6.07) is 1.99. The van der Waals surface area contributed by atoms with Gasteiger partial charge in [-0.05, 0) is 69.2 Å². The molecule has 1 spiro atoms. The number of pyridine rings is 1. The van der Waals surface area contributed by atoms with Crippen LogP contribution in [-0.2, 0) is 11.3 Å². The number of rotatable bonds is 4. The van der Waals surface area contributed by atoms with Gasteiger partial charge in [0, 0.05) is 32.0 Å². The van der Waals surface area contributed by atoms with Crippen LogP contribution in [0.5, 0.6) is 0 Å². The van der Waals surface area contributed by atoms with Gasteiger partial charge in [0.1, 0.15) is 0 Å². The molecule has 5 heteroatoms. The number of amides is 1. The molecule has 4 nitrogen and oxygen atoms in total. The molecule has 1 aromatic heterocycles. The van der Waals surface area contributed by atoms with Gasteiger partial charge >= 0.3 is 0 Å². The Hall–Kier alpha value is -1.13. The van der Waals surface area contributed by atoms with E-state index in [2.05, 4.69) is 14.8 Å². The van der Waals surface area contributed by atoms with E-state index in [0.717, 1.165) is 69.9 Å². The third-order valence-electron chi connectivity index (χ3n) is 5.98. The highest BCUT2D eigenvalue weighted by atomic mass is 35.5. The van der Waals surface area contributed by atoms with Crippen molar-refractivity contribution >= 4 is 17.5 Å². The fraction of sp³-hybridized carbons (Fsp3) is 0.684. The first-order valence-electron chi connectivity index (χ1n) is 9.26. The van der Waals surface area contributed by atoms with Crippen molar-refractivity contribution in [3.8, 4) is 0 Å². The molecule has 24 heavy (non-hydrogen) atoms. The molecule has 1 aliphatic carbocycles. The summed E-state index contributed by atoms with van der Waals surface area (Å²) >= 11 is 6.04. The van der Waals surface area contributed by atoms with Gasteiger partial charge in [0.25, 0.3) is 0 Å². The van der Waals surface area contributed by atoms with E-state index in [-0.39, 0.29) is 5.41 Å². The Balaban J connectivity index is 1.38. The molecule has 0 N–H and O–H groups in total. The van der Waals surface area contributed by atoms with Crippen molar-refractivity contribution in [2.75, 3.05) is 26.2 Å². The zero-order valence-corrected chi connectivity index (χ0v) is 15.0. The van der Waals surface area contributed by atoms with Gasteiger partial charge < -0.3 is 4.90 Å². The number of aromatic nitrogens is 1. The standard InChI is InChI=1S/C19H26ClN3O/c20-17-10-16(11-21-12-17)13-22-7-1-4-19(5-8-22)6-9-23(18(19)24)14-15-2-3-15/h10-12,15H,1-9,13-14H2. The number of carbonyl (C=O) groups is 1. The van der Waals surface area contributed by atoms with Gasteiger partial charge in [-0.15, -0.1) is 0 Å². The van der Waals surface area contributed by atoms with Crippen molar-refractivity contribution in [3.63, 3.8) is 0 Å². The summed E-state index contributed by atoms with van der Waals surface area (Å²) in [7, 11) is 0. The second kappa shape index (κ2) is 6.64. The molecular weight excluding hydrogens is 322 g/mol. The molecule has 1 saturated carbocycles. The Bertz CT molecular complexity index is 618. The maximum Gasteiger partial charge on any atom is 0.228 e. The summed E-state index contributed by atoms with van der Waals surface area (Å²) in [4.78, 5) is 21.8. The molecule has 0 radical (unpaired) electrons. The zero-order chi connectivity index (χ0) is 16.6. The van der Waals surface area contributed by atoms with Crippen molar-refractivity contribution in [1.29, 1.82) is 0 Å². The lowest BCUT2D eigenvalue weighted by Gasteiger charge is -2.27. The first-order valence-corrected chi connectivity index (χ1v) is 9.64. The van der Waals surface area contributed by atoms with Crippen molar-refractivity contribution < 1.29 is 4.79 Å². The predicted molar refractivity (Wildman–Crippen MR) is 94.7 cm³/mol. The maximum absolute atomic E-state index is 13.0. The molecule has 130 valence electrons. The lowest BCUT2D eigenvalue weighted by Crippen LogP contribution is -2.36. The van der Waals surface area contributed by atoms with Crippen LogP contribution < -0.4 is 0 Å². The van der Waals surface area contributed by atoms with Crippen LogP contribution in [0.1, 0.15) is 44.1 Å². The summed E-state index contributed by atoms with van der Waals surface area (Å²) in [6.07, 6.45) is 10.4. The van der Waals surface area contributed by atoms with Crippen LogP contribution in [0.4, 0.5) is 0 Å². The maximum atomic E-state index is 13.0. The Morgan fingerprint density at radius 3 is 2.79 bits per heavy atom. The molecule has 1 amide bonds. The quantitative estimate of drug-likeness (QED) is 0.838. The topological polar surface area (TPSA) is 36.4 Å². The summed E-state index contributed by atoms with van der Waals surface area (Å²) < 4.78 is 0. The Morgan fingerprint density at radius 1 is 1.17 bits per heavy atom. The molecule has 3 heterocycles. The lowest BCUT2D eigenvalue weighted by atomic mass is 9.79. The molecule has 1 atom stereocenters. The molecule has 3 aliphatic rings. The van der Waals surface area contributed by atoms with Crippen molar-refractivity contribution in [2.45, 2.75) is 45.1 Å². The SMILES string of the molecule is O=C1N(CC2CC2)CCC12CCCN(Cc1cncc(Cl)c1)CC2. The average molecular weight is 348 g/mol. The van der Waals surface area contributed by atoms with E-state index in [4.69, 9.17) is 11.6 Å². The van der Waals surface area contributed by atoms with Crippen LogP contribution in [0.25, 0.3) is 0 Å². The van der Waals surface area contributed by atoms with Crippen LogP contribution in [0.3, 0.4) is 0 Å². The van der Waals surface area contributed by atoms with E-state index >= 15 is 0 Å². The van der Waals surface area contributed by atoms with Crippen LogP contribution in [0, 0.1) is 11.3 Å². The van der Waals surface area contributed by atoms with E-state index in [1.54, 1.807) is 6.20 Å². The number of hydrogen-bond acceptors (Lipinski definition) is 3.